The first-order valence-electron chi connectivity index (χ1n) is 3.71. The predicted octanol–water partition coefficient (Wildman–Crippen LogP) is 3.14. The van der Waals surface area contributed by atoms with Crippen LogP contribution in [-0.2, 0) is 10.8 Å². The molecule has 0 aliphatic carbocycles. The minimum absolute atomic E-state index is 0.335. The Balaban J connectivity index is 3.20. The Hall–Kier alpha value is -1.06. The maximum atomic E-state index is 13.0. The van der Waals surface area contributed by atoms with E-state index >= 15 is 0 Å². The van der Waals surface area contributed by atoms with Gasteiger partial charge in [0.1, 0.15) is 0 Å². The number of alkyl halides is 2. The molecule has 0 amide bonds. The molecule has 0 heterocycles. The van der Waals surface area contributed by atoms with Crippen LogP contribution in [-0.4, -0.2) is 6.08 Å². The van der Waals surface area contributed by atoms with Crippen molar-refractivity contribution in [1.29, 1.82) is 0 Å². The van der Waals surface area contributed by atoms with Crippen molar-refractivity contribution in [3.8, 4) is 0 Å². The fraction of sp³-hybridized carbons (Fsp3) is 0.222. The lowest BCUT2D eigenvalue weighted by atomic mass is 10.1. The zero-order valence-corrected chi connectivity index (χ0v) is 8.81. The number of aliphatic imine (C=N–C) groups is 1. The van der Waals surface area contributed by atoms with Gasteiger partial charge in [0.15, 0.2) is 0 Å². The van der Waals surface area contributed by atoms with Crippen LogP contribution < -0.4 is 0 Å². The Kier molecular flexibility index (Phi) is 3.13. The molecule has 0 unspecified atom stereocenters. The van der Waals surface area contributed by atoms with E-state index in [0.29, 0.717) is 4.47 Å². The van der Waals surface area contributed by atoms with Gasteiger partial charge < -0.3 is 0 Å². The molecule has 1 aromatic rings. The lowest BCUT2D eigenvalue weighted by molar-refractivity contribution is 0.00610. The summed E-state index contributed by atoms with van der Waals surface area (Å²) in [7, 11) is 0. The van der Waals surface area contributed by atoms with Crippen molar-refractivity contribution >= 4 is 22.0 Å². The predicted molar refractivity (Wildman–Crippen MR) is 50.9 cm³/mol. The third-order valence-electron chi connectivity index (χ3n) is 1.71. The second-order valence-corrected chi connectivity index (χ2v) is 3.56. The SMILES string of the molecule is Cc1ccc(C(F)(F)N=C=O)cc1Br. The molecule has 1 rings (SSSR count). The number of isocyanates is 1. The Bertz CT molecular complexity index is 400. The van der Waals surface area contributed by atoms with Crippen molar-refractivity contribution < 1.29 is 13.6 Å². The average Bonchev–Trinajstić information content (AvgIpc) is 2.09. The molecule has 0 atom stereocenters. The van der Waals surface area contributed by atoms with Gasteiger partial charge in [-0.15, -0.1) is 4.99 Å². The molecule has 5 heteroatoms. The number of hydrogen-bond acceptors (Lipinski definition) is 2. The fourth-order valence-electron chi connectivity index (χ4n) is 0.902. The second-order valence-electron chi connectivity index (χ2n) is 2.71. The highest BCUT2D eigenvalue weighted by Crippen LogP contribution is 2.31. The van der Waals surface area contributed by atoms with E-state index in [0.717, 1.165) is 11.6 Å². The molecule has 74 valence electrons. The Labute approximate surface area is 87.8 Å². The summed E-state index contributed by atoms with van der Waals surface area (Å²) in [5.41, 5.74) is 0.498. The molecule has 0 bridgehead atoms. The van der Waals surface area contributed by atoms with Gasteiger partial charge in [-0.2, -0.15) is 8.78 Å². The molecule has 0 saturated heterocycles. The van der Waals surface area contributed by atoms with Gasteiger partial charge in [0.05, 0.1) is 0 Å². The lowest BCUT2D eigenvalue weighted by Crippen LogP contribution is -2.09. The van der Waals surface area contributed by atoms with Crippen LogP contribution in [0.4, 0.5) is 8.78 Å². The molecule has 0 saturated carbocycles. The zero-order valence-electron chi connectivity index (χ0n) is 7.22. The van der Waals surface area contributed by atoms with Crippen LogP contribution in [0.2, 0.25) is 0 Å². The van der Waals surface area contributed by atoms with Crippen LogP contribution >= 0.6 is 15.9 Å². The van der Waals surface area contributed by atoms with E-state index in [1.165, 1.54) is 18.2 Å². The molecule has 0 aromatic heterocycles. The summed E-state index contributed by atoms with van der Waals surface area (Å²) < 4.78 is 26.6. The van der Waals surface area contributed by atoms with Crippen LogP contribution in [0, 0.1) is 6.92 Å². The maximum Gasteiger partial charge on any atom is 0.379 e. The van der Waals surface area contributed by atoms with Crippen LogP contribution in [0.3, 0.4) is 0 Å². The Morgan fingerprint density at radius 3 is 2.64 bits per heavy atom. The molecule has 2 nitrogen and oxygen atoms in total. The number of halogens is 3. The van der Waals surface area contributed by atoms with Gasteiger partial charge in [0, 0.05) is 10.0 Å². The van der Waals surface area contributed by atoms with Crippen molar-refractivity contribution in [2.75, 3.05) is 0 Å². The normalized spacial score (nSPS) is 10.9. The maximum absolute atomic E-state index is 13.0. The van der Waals surface area contributed by atoms with Gasteiger partial charge in [0.2, 0.25) is 6.08 Å². The first-order valence-corrected chi connectivity index (χ1v) is 4.50. The van der Waals surface area contributed by atoms with Crippen LogP contribution in [0.25, 0.3) is 0 Å². The summed E-state index contributed by atoms with van der Waals surface area (Å²) in [6.07, 6.45) is 0.850. The lowest BCUT2D eigenvalue weighted by Gasteiger charge is -2.10. The molecule has 0 spiro atoms. The van der Waals surface area contributed by atoms with Gasteiger partial charge in [-0.25, -0.2) is 4.79 Å². The van der Waals surface area contributed by atoms with Crippen molar-refractivity contribution in [3.05, 3.63) is 33.8 Å². The van der Waals surface area contributed by atoms with Crippen LogP contribution in [0.1, 0.15) is 11.1 Å². The van der Waals surface area contributed by atoms with Gasteiger partial charge in [-0.3, -0.25) is 0 Å². The number of benzene rings is 1. The van der Waals surface area contributed by atoms with Crippen LogP contribution in [0.5, 0.6) is 0 Å². The molecular formula is C9H6BrF2NO. The summed E-state index contributed by atoms with van der Waals surface area (Å²) in [6, 6.07) is 0.475. The second kappa shape index (κ2) is 3.98. The Morgan fingerprint density at radius 1 is 1.50 bits per heavy atom. The smallest absolute Gasteiger partial charge is 0.211 e. The summed E-state index contributed by atoms with van der Waals surface area (Å²) >= 11 is 3.12. The first-order chi connectivity index (χ1) is 6.47. The molecule has 0 fully saturated rings. The minimum atomic E-state index is -3.50. The van der Waals surface area contributed by atoms with Gasteiger partial charge in [0.25, 0.3) is 0 Å². The largest absolute Gasteiger partial charge is 0.379 e. The first kappa shape index (κ1) is 11.0. The van der Waals surface area contributed by atoms with Crippen molar-refractivity contribution in [2.45, 2.75) is 13.0 Å². The molecule has 0 aliphatic rings. The van der Waals surface area contributed by atoms with E-state index in [1.807, 2.05) is 0 Å². The Morgan fingerprint density at radius 2 is 2.14 bits per heavy atom. The van der Waals surface area contributed by atoms with Gasteiger partial charge >= 0.3 is 6.05 Å². The number of nitrogens with zero attached hydrogens (tertiary/aromatic N) is 1. The summed E-state index contributed by atoms with van der Waals surface area (Å²) in [5, 5.41) is 0. The quantitative estimate of drug-likeness (QED) is 0.457. The van der Waals surface area contributed by atoms with Gasteiger partial charge in [-0.1, -0.05) is 28.1 Å². The minimum Gasteiger partial charge on any atom is -0.211 e. The summed E-state index contributed by atoms with van der Waals surface area (Å²) in [6.45, 7) is 1.77. The summed E-state index contributed by atoms with van der Waals surface area (Å²) in [5.74, 6) is 0. The number of carbonyl (C=O) groups excluding carboxylic acids is 1. The average molecular weight is 262 g/mol. The van der Waals surface area contributed by atoms with Crippen LogP contribution in [0.15, 0.2) is 27.7 Å². The van der Waals surface area contributed by atoms with E-state index < -0.39 is 6.05 Å². The molecule has 0 aliphatic heterocycles. The number of hydrogen-bond donors (Lipinski definition) is 0. The van der Waals surface area contributed by atoms with Crippen molar-refractivity contribution in [1.82, 2.24) is 0 Å². The van der Waals surface area contributed by atoms with Gasteiger partial charge in [-0.05, 0) is 18.6 Å². The molecule has 14 heavy (non-hydrogen) atoms. The third kappa shape index (κ3) is 2.25. The van der Waals surface area contributed by atoms with E-state index in [9.17, 15) is 13.6 Å². The highest BCUT2D eigenvalue weighted by atomic mass is 79.9. The molecule has 0 N–H and O–H groups in total. The standard InChI is InChI=1S/C9H6BrF2NO/c1-6-2-3-7(4-8(6)10)9(11,12)13-5-14/h2-4H,1H3. The van der Waals surface area contributed by atoms with E-state index in [-0.39, 0.29) is 5.56 Å². The highest BCUT2D eigenvalue weighted by Gasteiger charge is 2.31. The van der Waals surface area contributed by atoms with Crippen molar-refractivity contribution in [3.63, 3.8) is 0 Å². The molecular weight excluding hydrogens is 256 g/mol. The highest BCUT2D eigenvalue weighted by molar-refractivity contribution is 9.10. The molecule has 1 aromatic carbocycles. The number of aryl methyl sites for hydroxylation is 1. The fourth-order valence-corrected chi connectivity index (χ4v) is 1.28. The molecule has 0 radical (unpaired) electrons. The summed E-state index contributed by atoms with van der Waals surface area (Å²) in [4.78, 5) is 12.2. The van der Waals surface area contributed by atoms with E-state index in [1.54, 1.807) is 6.92 Å². The monoisotopic (exact) mass is 261 g/mol. The van der Waals surface area contributed by atoms with E-state index in [2.05, 4.69) is 20.9 Å². The zero-order chi connectivity index (χ0) is 10.8. The number of rotatable bonds is 2. The van der Waals surface area contributed by atoms with Crippen molar-refractivity contribution in [2.24, 2.45) is 4.99 Å². The van der Waals surface area contributed by atoms with E-state index in [4.69, 9.17) is 0 Å². The topological polar surface area (TPSA) is 29.4 Å². The third-order valence-corrected chi connectivity index (χ3v) is 2.56.